The van der Waals surface area contributed by atoms with Crippen molar-refractivity contribution in [3.05, 3.63) is 33.6 Å². The van der Waals surface area contributed by atoms with Gasteiger partial charge in [-0.2, -0.15) is 0 Å². The molecule has 1 nitrogen and oxygen atoms in total. The van der Waals surface area contributed by atoms with E-state index in [0.29, 0.717) is 5.02 Å². The molecule has 1 aromatic carbocycles. The average Bonchev–Trinajstić information content (AvgIpc) is 1.96. The molecule has 0 aromatic heterocycles. The van der Waals surface area contributed by atoms with Crippen molar-refractivity contribution >= 4 is 28.9 Å². The fourth-order valence-electron chi connectivity index (χ4n) is 0.829. The van der Waals surface area contributed by atoms with Crippen molar-refractivity contribution in [2.45, 2.75) is 6.92 Å². The van der Waals surface area contributed by atoms with Crippen LogP contribution in [0.25, 0.3) is 0 Å². The Morgan fingerprint density at radius 1 is 1.42 bits per heavy atom. The van der Waals surface area contributed by atoms with Gasteiger partial charge in [0, 0.05) is 16.3 Å². The quantitative estimate of drug-likeness (QED) is 0.536. The maximum atomic E-state index is 13.1. The summed E-state index contributed by atoms with van der Waals surface area (Å²) in [6.45, 7) is 1.48. The Labute approximate surface area is 79.6 Å². The third-order valence-corrected chi connectivity index (χ3v) is 1.89. The molecule has 12 heavy (non-hydrogen) atoms. The number of rotatable bonds is 1. The lowest BCUT2D eigenvalue weighted by atomic mass is 10.1. The fraction of sp³-hybridized carbons (Fsp3) is 0.125. The zero-order chi connectivity index (χ0) is 9.30. The van der Waals surface area contributed by atoms with Crippen LogP contribution in [0, 0.1) is 11.2 Å². The first-order valence-corrected chi connectivity index (χ1v) is 3.98. The van der Waals surface area contributed by atoms with Gasteiger partial charge in [0.1, 0.15) is 0 Å². The summed E-state index contributed by atoms with van der Waals surface area (Å²) < 4.78 is 13.1. The van der Waals surface area contributed by atoms with Gasteiger partial charge in [-0.25, -0.2) is 4.39 Å². The summed E-state index contributed by atoms with van der Waals surface area (Å²) in [6, 6.07) is 2.69. The lowest BCUT2D eigenvalue weighted by molar-refractivity contribution is 0.625. The second-order valence-corrected chi connectivity index (χ2v) is 3.22. The van der Waals surface area contributed by atoms with E-state index in [1.54, 1.807) is 0 Å². The molecule has 4 heteroatoms. The minimum Gasteiger partial charge on any atom is -0.305 e. The molecule has 0 aliphatic rings. The van der Waals surface area contributed by atoms with Crippen LogP contribution in [0.2, 0.25) is 10.0 Å². The summed E-state index contributed by atoms with van der Waals surface area (Å²) in [5.74, 6) is -0.589. The summed E-state index contributed by atoms with van der Waals surface area (Å²) in [5.41, 5.74) is 0.254. The van der Waals surface area contributed by atoms with E-state index >= 15 is 0 Å². The largest absolute Gasteiger partial charge is 0.305 e. The van der Waals surface area contributed by atoms with Crippen molar-refractivity contribution in [2.75, 3.05) is 0 Å². The highest BCUT2D eigenvalue weighted by atomic mass is 35.5. The first-order chi connectivity index (χ1) is 5.52. The molecule has 0 saturated carbocycles. The van der Waals surface area contributed by atoms with Crippen molar-refractivity contribution in [3.8, 4) is 0 Å². The second-order valence-electron chi connectivity index (χ2n) is 2.37. The highest BCUT2D eigenvalue weighted by Crippen LogP contribution is 2.23. The van der Waals surface area contributed by atoms with Crippen LogP contribution in [0.4, 0.5) is 4.39 Å². The average molecular weight is 206 g/mol. The molecule has 0 amide bonds. The Balaban J connectivity index is 3.37. The van der Waals surface area contributed by atoms with E-state index in [-0.39, 0.29) is 16.3 Å². The Bertz CT molecular complexity index is 336. The third-order valence-electron chi connectivity index (χ3n) is 1.40. The maximum absolute atomic E-state index is 13.1. The van der Waals surface area contributed by atoms with E-state index in [0.717, 1.165) is 0 Å². The Morgan fingerprint density at radius 3 is 2.50 bits per heavy atom. The smallest absolute Gasteiger partial charge is 0.150 e. The molecular weight excluding hydrogens is 200 g/mol. The number of hydrogen-bond donors (Lipinski definition) is 1. The summed E-state index contributed by atoms with van der Waals surface area (Å²) in [7, 11) is 0. The summed E-state index contributed by atoms with van der Waals surface area (Å²) in [6.07, 6.45) is 0. The molecule has 0 atom stereocenters. The first kappa shape index (κ1) is 9.49. The van der Waals surface area contributed by atoms with Gasteiger partial charge < -0.3 is 5.41 Å². The van der Waals surface area contributed by atoms with E-state index in [9.17, 15) is 4.39 Å². The van der Waals surface area contributed by atoms with Crippen molar-refractivity contribution in [2.24, 2.45) is 0 Å². The maximum Gasteiger partial charge on any atom is 0.150 e. The van der Waals surface area contributed by atoms with Gasteiger partial charge in [0.2, 0.25) is 0 Å². The minimum atomic E-state index is -0.589. The zero-order valence-electron chi connectivity index (χ0n) is 6.29. The van der Waals surface area contributed by atoms with Crippen molar-refractivity contribution in [3.63, 3.8) is 0 Å². The van der Waals surface area contributed by atoms with Crippen LogP contribution < -0.4 is 0 Å². The molecule has 64 valence electrons. The number of halogens is 3. The van der Waals surface area contributed by atoms with Crippen LogP contribution in [0.3, 0.4) is 0 Å². The first-order valence-electron chi connectivity index (χ1n) is 3.22. The molecule has 0 saturated heterocycles. The molecule has 0 spiro atoms. The minimum absolute atomic E-state index is 0.0518. The second kappa shape index (κ2) is 3.42. The lowest BCUT2D eigenvalue weighted by Gasteiger charge is -2.02. The summed E-state index contributed by atoms with van der Waals surface area (Å²) in [5, 5.41) is 7.50. The van der Waals surface area contributed by atoms with Gasteiger partial charge in [0.25, 0.3) is 0 Å². The van der Waals surface area contributed by atoms with E-state index < -0.39 is 5.82 Å². The van der Waals surface area contributed by atoms with Gasteiger partial charge in [0.15, 0.2) is 5.82 Å². The van der Waals surface area contributed by atoms with Crippen LogP contribution in [0.1, 0.15) is 12.5 Å². The van der Waals surface area contributed by atoms with Crippen molar-refractivity contribution in [1.29, 1.82) is 5.41 Å². The molecule has 0 radical (unpaired) electrons. The Morgan fingerprint density at radius 2 is 2.00 bits per heavy atom. The van der Waals surface area contributed by atoms with E-state index in [1.165, 1.54) is 19.1 Å². The van der Waals surface area contributed by atoms with Gasteiger partial charge in [-0.1, -0.05) is 23.2 Å². The normalized spacial score (nSPS) is 10.0. The van der Waals surface area contributed by atoms with Gasteiger partial charge in [-0.05, 0) is 19.1 Å². The van der Waals surface area contributed by atoms with Crippen LogP contribution in [0.15, 0.2) is 12.1 Å². The SMILES string of the molecule is CC(=N)c1cc(Cl)cc(Cl)c1F. The standard InChI is InChI=1S/C8H6Cl2FN/c1-4(12)6-2-5(9)3-7(10)8(6)11/h2-3,12H,1H3. The number of hydrogen-bond acceptors (Lipinski definition) is 1. The van der Waals surface area contributed by atoms with E-state index in [2.05, 4.69) is 0 Å². The van der Waals surface area contributed by atoms with E-state index in [4.69, 9.17) is 28.6 Å². The molecule has 0 aliphatic carbocycles. The molecule has 1 aromatic rings. The van der Waals surface area contributed by atoms with Gasteiger partial charge in [-0.3, -0.25) is 0 Å². The predicted octanol–water partition coefficient (Wildman–Crippen LogP) is 3.52. The molecule has 0 bridgehead atoms. The number of nitrogens with one attached hydrogen (secondary N) is 1. The zero-order valence-corrected chi connectivity index (χ0v) is 7.80. The van der Waals surface area contributed by atoms with E-state index in [1.807, 2.05) is 0 Å². The molecule has 1 rings (SSSR count). The van der Waals surface area contributed by atoms with Gasteiger partial charge in [-0.15, -0.1) is 0 Å². The van der Waals surface area contributed by atoms with Gasteiger partial charge in [0.05, 0.1) is 5.02 Å². The molecular formula is C8H6Cl2FN. The van der Waals surface area contributed by atoms with Crippen LogP contribution in [-0.2, 0) is 0 Å². The summed E-state index contributed by atoms with van der Waals surface area (Å²) in [4.78, 5) is 0. The van der Waals surface area contributed by atoms with Crippen molar-refractivity contribution in [1.82, 2.24) is 0 Å². The lowest BCUT2D eigenvalue weighted by Crippen LogP contribution is -1.97. The Hall–Kier alpha value is -0.600. The van der Waals surface area contributed by atoms with Crippen LogP contribution in [0.5, 0.6) is 0 Å². The molecule has 0 unspecified atom stereocenters. The van der Waals surface area contributed by atoms with Crippen molar-refractivity contribution < 1.29 is 4.39 Å². The third kappa shape index (κ3) is 1.76. The predicted molar refractivity (Wildman–Crippen MR) is 48.9 cm³/mol. The van der Waals surface area contributed by atoms with Crippen LogP contribution in [-0.4, -0.2) is 5.71 Å². The Kier molecular flexibility index (Phi) is 2.70. The summed E-state index contributed by atoms with van der Waals surface area (Å²) >= 11 is 11.1. The molecule has 1 N–H and O–H groups in total. The van der Waals surface area contributed by atoms with Gasteiger partial charge >= 0.3 is 0 Å². The monoisotopic (exact) mass is 205 g/mol. The van der Waals surface area contributed by atoms with Crippen LogP contribution >= 0.6 is 23.2 Å². The highest BCUT2D eigenvalue weighted by Gasteiger charge is 2.09. The number of benzene rings is 1. The topological polar surface area (TPSA) is 23.9 Å². The molecule has 0 fully saturated rings. The fourth-order valence-corrected chi connectivity index (χ4v) is 1.32. The molecule has 0 aliphatic heterocycles. The molecule has 0 heterocycles. The highest BCUT2D eigenvalue weighted by molar-refractivity contribution is 6.35.